The van der Waals surface area contributed by atoms with Crippen LogP contribution in [0.4, 0.5) is 0 Å². The molecule has 4 rings (SSSR count). The minimum absolute atomic E-state index is 0.134. The number of pyridine rings is 1. The molecule has 8 heteroatoms. The van der Waals surface area contributed by atoms with Crippen LogP contribution in [0.15, 0.2) is 53.0 Å². The number of hydrogen-bond donors (Lipinski definition) is 3. The fourth-order valence-electron chi connectivity index (χ4n) is 3.74. The van der Waals surface area contributed by atoms with E-state index in [1.165, 1.54) is 0 Å². The molecule has 1 saturated heterocycles. The van der Waals surface area contributed by atoms with Gasteiger partial charge in [0.2, 0.25) is 0 Å². The Morgan fingerprint density at radius 3 is 2.94 bits per heavy atom. The van der Waals surface area contributed by atoms with Crippen LogP contribution < -0.4 is 15.4 Å². The van der Waals surface area contributed by atoms with Crippen molar-refractivity contribution in [3.63, 3.8) is 0 Å². The summed E-state index contributed by atoms with van der Waals surface area (Å²) in [6.45, 7) is 1.66. The summed E-state index contributed by atoms with van der Waals surface area (Å²) in [6.07, 6.45) is 3.81. The summed E-state index contributed by atoms with van der Waals surface area (Å²) in [6, 6.07) is 15.1. The number of aliphatic hydroxyl groups is 1. The summed E-state index contributed by atoms with van der Waals surface area (Å²) in [5.41, 5.74) is 2.16. The van der Waals surface area contributed by atoms with Gasteiger partial charge in [0.15, 0.2) is 0 Å². The van der Waals surface area contributed by atoms with E-state index >= 15 is 0 Å². The number of benzene rings is 2. The van der Waals surface area contributed by atoms with Gasteiger partial charge in [-0.25, -0.2) is 4.98 Å². The molecule has 1 unspecified atom stereocenters. The van der Waals surface area contributed by atoms with E-state index in [2.05, 4.69) is 26.6 Å². The zero-order chi connectivity index (χ0) is 23.3. The molecular weight excluding hydrogens is 486 g/mol. The van der Waals surface area contributed by atoms with Crippen molar-refractivity contribution in [2.45, 2.75) is 5.54 Å². The predicted octanol–water partition coefficient (Wildman–Crippen LogP) is 3.26. The summed E-state index contributed by atoms with van der Waals surface area (Å²) in [4.78, 5) is 17.9. The number of carbonyl (C=O) groups is 1. The Hall–Kier alpha value is -2.78. The van der Waals surface area contributed by atoms with Crippen molar-refractivity contribution in [3.8, 4) is 5.75 Å². The highest BCUT2D eigenvalue weighted by atomic mass is 79.9. The summed E-state index contributed by atoms with van der Waals surface area (Å²) < 4.78 is 11.6. The number of fused-ring (bicyclic) bond motifs is 1. The number of halogens is 1. The van der Waals surface area contributed by atoms with E-state index in [0.29, 0.717) is 36.5 Å². The van der Waals surface area contributed by atoms with Gasteiger partial charge in [-0.15, -0.1) is 0 Å². The molecule has 0 aliphatic carbocycles. The maximum Gasteiger partial charge on any atom is 0.252 e. The average molecular weight is 512 g/mol. The molecule has 0 saturated carbocycles. The van der Waals surface area contributed by atoms with Gasteiger partial charge in [0.25, 0.3) is 5.91 Å². The molecule has 0 bridgehead atoms. The van der Waals surface area contributed by atoms with E-state index in [0.717, 1.165) is 21.2 Å². The molecule has 7 nitrogen and oxygen atoms in total. The third-order valence-electron chi connectivity index (χ3n) is 5.59. The molecule has 1 amide bonds. The van der Waals surface area contributed by atoms with Crippen molar-refractivity contribution in [1.29, 1.82) is 0 Å². The van der Waals surface area contributed by atoms with E-state index in [9.17, 15) is 9.90 Å². The van der Waals surface area contributed by atoms with Gasteiger partial charge in [-0.2, -0.15) is 0 Å². The summed E-state index contributed by atoms with van der Waals surface area (Å²) >= 11 is 3.49. The van der Waals surface area contributed by atoms with Crippen molar-refractivity contribution in [3.05, 3.63) is 69.8 Å². The van der Waals surface area contributed by atoms with E-state index in [1.807, 2.05) is 54.6 Å². The van der Waals surface area contributed by atoms with Crippen molar-refractivity contribution in [2.75, 3.05) is 40.0 Å². The topological polar surface area (TPSA) is 92.7 Å². The Bertz CT molecular complexity index is 1180. The molecule has 1 fully saturated rings. The number of rotatable bonds is 7. The van der Waals surface area contributed by atoms with Crippen molar-refractivity contribution >= 4 is 44.9 Å². The van der Waals surface area contributed by atoms with Crippen LogP contribution in [0.1, 0.15) is 21.6 Å². The van der Waals surface area contributed by atoms with Gasteiger partial charge in [0, 0.05) is 22.9 Å². The molecule has 3 aromatic rings. The first kappa shape index (κ1) is 23.4. The van der Waals surface area contributed by atoms with E-state index in [4.69, 9.17) is 14.5 Å². The third-order valence-corrected chi connectivity index (χ3v) is 6.08. The SMILES string of the molecule is COc1cccc(/C=C/c2cc(C(=O)NCC3(CO)COCCN3)c3cc(Br)ccc3n2)c1. The summed E-state index contributed by atoms with van der Waals surface area (Å²) in [7, 11) is 1.63. The lowest BCUT2D eigenvalue weighted by Crippen LogP contribution is -2.62. The lowest BCUT2D eigenvalue weighted by molar-refractivity contribution is 0.0000413. The van der Waals surface area contributed by atoms with Gasteiger partial charge in [0.1, 0.15) is 5.75 Å². The molecule has 172 valence electrons. The van der Waals surface area contributed by atoms with Gasteiger partial charge in [0.05, 0.1) is 49.2 Å². The zero-order valence-corrected chi connectivity index (χ0v) is 19.9. The van der Waals surface area contributed by atoms with Crippen LogP contribution in [0.3, 0.4) is 0 Å². The molecule has 1 aliphatic rings. The lowest BCUT2D eigenvalue weighted by Gasteiger charge is -2.36. The van der Waals surface area contributed by atoms with Gasteiger partial charge >= 0.3 is 0 Å². The minimum Gasteiger partial charge on any atom is -0.497 e. The van der Waals surface area contributed by atoms with Crippen LogP contribution in [0, 0.1) is 0 Å². The second-order valence-corrected chi connectivity index (χ2v) is 8.88. The van der Waals surface area contributed by atoms with Crippen LogP contribution >= 0.6 is 15.9 Å². The number of nitrogens with one attached hydrogen (secondary N) is 2. The number of ether oxygens (including phenoxy) is 2. The quantitative estimate of drug-likeness (QED) is 0.450. The number of amides is 1. The van der Waals surface area contributed by atoms with E-state index in [1.54, 1.807) is 13.2 Å². The lowest BCUT2D eigenvalue weighted by atomic mass is 10.00. The number of morpholine rings is 1. The fraction of sp³-hybridized carbons (Fsp3) is 0.280. The summed E-state index contributed by atoms with van der Waals surface area (Å²) in [5, 5.41) is 16.8. The molecule has 0 spiro atoms. The first-order valence-corrected chi connectivity index (χ1v) is 11.5. The number of carbonyl (C=O) groups excluding carboxylic acids is 1. The largest absolute Gasteiger partial charge is 0.497 e. The van der Waals surface area contributed by atoms with Crippen LogP contribution in [-0.4, -0.2) is 61.6 Å². The molecule has 33 heavy (non-hydrogen) atoms. The van der Waals surface area contributed by atoms with E-state index in [-0.39, 0.29) is 19.1 Å². The molecular formula is C25H26BrN3O4. The first-order chi connectivity index (χ1) is 16.0. The zero-order valence-electron chi connectivity index (χ0n) is 18.3. The Labute approximate surface area is 200 Å². The molecule has 2 aromatic carbocycles. The monoisotopic (exact) mass is 511 g/mol. The van der Waals surface area contributed by atoms with Crippen LogP contribution in [0.2, 0.25) is 0 Å². The standard InChI is InChI=1S/C25H26BrN3O4/c1-32-20-4-2-3-17(11-20)5-7-19-13-22(21-12-18(26)6-8-23(21)29-19)24(31)27-14-25(15-30)16-33-10-9-28-25/h2-8,11-13,28,30H,9-10,14-16H2,1H3,(H,27,31)/b7-5+. The minimum atomic E-state index is -0.688. The second kappa shape index (κ2) is 10.4. The maximum atomic E-state index is 13.2. The van der Waals surface area contributed by atoms with Crippen molar-refractivity contribution in [1.82, 2.24) is 15.6 Å². The smallest absolute Gasteiger partial charge is 0.252 e. The molecule has 1 atom stereocenters. The average Bonchev–Trinajstić information content (AvgIpc) is 2.86. The number of hydrogen-bond acceptors (Lipinski definition) is 6. The van der Waals surface area contributed by atoms with Crippen LogP contribution in [0.5, 0.6) is 5.75 Å². The molecule has 1 aromatic heterocycles. The first-order valence-electron chi connectivity index (χ1n) is 10.7. The Morgan fingerprint density at radius 1 is 1.30 bits per heavy atom. The number of methoxy groups -OCH3 is 1. The van der Waals surface area contributed by atoms with Gasteiger partial charge in [-0.05, 0) is 48.0 Å². The highest BCUT2D eigenvalue weighted by Gasteiger charge is 2.32. The van der Waals surface area contributed by atoms with Gasteiger partial charge in [-0.1, -0.05) is 34.1 Å². The Balaban J connectivity index is 1.63. The second-order valence-electron chi connectivity index (χ2n) is 7.97. The third kappa shape index (κ3) is 5.59. The molecule has 0 radical (unpaired) electrons. The molecule has 1 aliphatic heterocycles. The number of aliphatic hydroxyl groups excluding tert-OH is 1. The highest BCUT2D eigenvalue weighted by molar-refractivity contribution is 9.10. The van der Waals surface area contributed by atoms with Gasteiger partial charge < -0.3 is 25.2 Å². The highest BCUT2D eigenvalue weighted by Crippen LogP contribution is 2.24. The maximum absolute atomic E-state index is 13.2. The van der Waals surface area contributed by atoms with Crippen LogP contribution in [0.25, 0.3) is 23.1 Å². The number of nitrogens with zero attached hydrogens (tertiary/aromatic N) is 1. The summed E-state index contributed by atoms with van der Waals surface area (Å²) in [5.74, 6) is 0.531. The van der Waals surface area contributed by atoms with Crippen molar-refractivity contribution < 1.29 is 19.4 Å². The number of aromatic nitrogens is 1. The Kier molecular flexibility index (Phi) is 7.39. The predicted molar refractivity (Wildman–Crippen MR) is 132 cm³/mol. The van der Waals surface area contributed by atoms with Crippen molar-refractivity contribution in [2.24, 2.45) is 0 Å². The van der Waals surface area contributed by atoms with E-state index < -0.39 is 5.54 Å². The Morgan fingerprint density at radius 2 is 2.18 bits per heavy atom. The molecule has 2 heterocycles. The van der Waals surface area contributed by atoms with Gasteiger partial charge in [-0.3, -0.25) is 4.79 Å². The fourth-order valence-corrected chi connectivity index (χ4v) is 4.10. The molecule has 3 N–H and O–H groups in total. The van der Waals surface area contributed by atoms with Crippen LogP contribution in [-0.2, 0) is 4.74 Å². The normalized spacial score (nSPS) is 18.5.